The van der Waals surface area contributed by atoms with E-state index >= 15 is 0 Å². The first-order valence-electron chi connectivity index (χ1n) is 6.35. The Bertz CT molecular complexity index is 421. The van der Waals surface area contributed by atoms with Crippen molar-refractivity contribution in [2.75, 3.05) is 6.61 Å². The smallest absolute Gasteiger partial charge is 0.389 e. The van der Waals surface area contributed by atoms with E-state index in [0.717, 1.165) is 6.20 Å². The summed E-state index contributed by atoms with van der Waals surface area (Å²) in [5.41, 5.74) is 0.491. The fraction of sp³-hybridized carbons (Fsp3) is 0.615. The summed E-state index contributed by atoms with van der Waals surface area (Å²) in [5, 5.41) is 3.08. The lowest BCUT2D eigenvalue weighted by Gasteiger charge is -2.13. The Labute approximate surface area is 115 Å². The third-order valence-corrected chi connectivity index (χ3v) is 2.44. The van der Waals surface area contributed by atoms with Crippen LogP contribution >= 0.6 is 0 Å². The number of hydrogen-bond acceptors (Lipinski definition) is 3. The molecule has 114 valence electrons. The maximum absolute atomic E-state index is 13.1. The molecule has 0 unspecified atom stereocenters. The Morgan fingerprint density at radius 2 is 2.05 bits per heavy atom. The SMILES string of the molecule is CC(C)NCc1cc(F)cnc1OCCCC(F)(F)F. The van der Waals surface area contributed by atoms with Crippen LogP contribution in [0.4, 0.5) is 17.6 Å². The Kier molecular flexibility index (Phi) is 6.19. The van der Waals surface area contributed by atoms with Crippen LogP contribution < -0.4 is 10.1 Å². The molecule has 1 rings (SSSR count). The van der Waals surface area contributed by atoms with Gasteiger partial charge in [-0.3, -0.25) is 0 Å². The molecule has 0 amide bonds. The summed E-state index contributed by atoms with van der Waals surface area (Å²) in [6.07, 6.45) is -4.27. The zero-order valence-corrected chi connectivity index (χ0v) is 11.4. The fourth-order valence-electron chi connectivity index (χ4n) is 1.48. The number of nitrogens with one attached hydrogen (secondary N) is 1. The van der Waals surface area contributed by atoms with Crippen LogP contribution in [0.15, 0.2) is 12.3 Å². The highest BCUT2D eigenvalue weighted by Crippen LogP contribution is 2.22. The number of rotatable bonds is 7. The highest BCUT2D eigenvalue weighted by Gasteiger charge is 2.26. The van der Waals surface area contributed by atoms with E-state index in [1.807, 2.05) is 13.8 Å². The van der Waals surface area contributed by atoms with E-state index in [1.165, 1.54) is 6.07 Å². The number of ether oxygens (including phenoxy) is 1. The van der Waals surface area contributed by atoms with Crippen molar-refractivity contribution in [3.8, 4) is 5.88 Å². The number of halogens is 4. The molecule has 0 fully saturated rings. The number of nitrogens with zero attached hydrogens (tertiary/aromatic N) is 1. The second kappa shape index (κ2) is 7.42. The molecule has 0 aliphatic rings. The monoisotopic (exact) mass is 294 g/mol. The lowest BCUT2D eigenvalue weighted by molar-refractivity contribution is -0.136. The van der Waals surface area contributed by atoms with Gasteiger partial charge in [0.1, 0.15) is 5.82 Å². The van der Waals surface area contributed by atoms with Gasteiger partial charge >= 0.3 is 6.18 Å². The molecule has 0 saturated heterocycles. The maximum Gasteiger partial charge on any atom is 0.389 e. The van der Waals surface area contributed by atoms with Crippen molar-refractivity contribution >= 4 is 0 Å². The Morgan fingerprint density at radius 3 is 2.65 bits per heavy atom. The minimum atomic E-state index is -4.19. The number of hydrogen-bond donors (Lipinski definition) is 1. The van der Waals surface area contributed by atoms with Crippen LogP contribution in [-0.4, -0.2) is 23.8 Å². The second-order valence-corrected chi connectivity index (χ2v) is 4.72. The zero-order chi connectivity index (χ0) is 15.2. The molecule has 7 heteroatoms. The molecule has 0 aliphatic carbocycles. The lowest BCUT2D eigenvalue weighted by Crippen LogP contribution is -2.22. The summed E-state index contributed by atoms with van der Waals surface area (Å²) in [5.74, 6) is -0.338. The number of pyridine rings is 1. The van der Waals surface area contributed by atoms with Crippen LogP contribution in [0.25, 0.3) is 0 Å². The van der Waals surface area contributed by atoms with Gasteiger partial charge in [0.25, 0.3) is 0 Å². The minimum Gasteiger partial charge on any atom is -0.477 e. The van der Waals surface area contributed by atoms with Crippen molar-refractivity contribution in [2.45, 2.75) is 45.5 Å². The van der Waals surface area contributed by atoms with Gasteiger partial charge in [-0.25, -0.2) is 9.37 Å². The molecule has 1 N–H and O–H groups in total. The molecule has 1 aromatic rings. The van der Waals surface area contributed by atoms with Crippen LogP contribution in [0.2, 0.25) is 0 Å². The number of alkyl halides is 3. The van der Waals surface area contributed by atoms with Gasteiger partial charge in [-0.1, -0.05) is 13.8 Å². The predicted octanol–water partition coefficient (Wildman–Crippen LogP) is 3.44. The van der Waals surface area contributed by atoms with Gasteiger partial charge in [-0.15, -0.1) is 0 Å². The standard InChI is InChI=1S/C13H18F4N2O/c1-9(2)18-7-10-6-11(14)8-19-12(10)20-5-3-4-13(15,16)17/h6,8-9,18H,3-5,7H2,1-2H3. The highest BCUT2D eigenvalue weighted by atomic mass is 19.4. The predicted molar refractivity (Wildman–Crippen MR) is 67.0 cm³/mol. The summed E-state index contributed by atoms with van der Waals surface area (Å²) < 4.78 is 54.3. The Hall–Kier alpha value is -1.37. The molecule has 1 heterocycles. The second-order valence-electron chi connectivity index (χ2n) is 4.72. The average Bonchev–Trinajstić information content (AvgIpc) is 2.32. The van der Waals surface area contributed by atoms with E-state index in [-0.39, 0.29) is 24.9 Å². The zero-order valence-electron chi connectivity index (χ0n) is 11.4. The minimum absolute atomic E-state index is 0.104. The first kappa shape index (κ1) is 16.7. The molecule has 0 atom stereocenters. The van der Waals surface area contributed by atoms with Gasteiger partial charge in [-0.05, 0) is 12.5 Å². The van der Waals surface area contributed by atoms with Crippen LogP contribution in [0.5, 0.6) is 5.88 Å². The Morgan fingerprint density at radius 1 is 1.35 bits per heavy atom. The van der Waals surface area contributed by atoms with Gasteiger partial charge in [0.05, 0.1) is 12.8 Å². The van der Waals surface area contributed by atoms with Gasteiger partial charge in [0, 0.05) is 24.6 Å². The van der Waals surface area contributed by atoms with Gasteiger partial charge in [0.15, 0.2) is 0 Å². The Balaban J connectivity index is 2.55. The van der Waals surface area contributed by atoms with Gasteiger partial charge in [0.2, 0.25) is 5.88 Å². The molecule has 1 aromatic heterocycles. The third-order valence-electron chi connectivity index (χ3n) is 2.44. The van der Waals surface area contributed by atoms with Crippen molar-refractivity contribution in [3.63, 3.8) is 0 Å². The lowest BCUT2D eigenvalue weighted by atomic mass is 10.2. The van der Waals surface area contributed by atoms with E-state index in [4.69, 9.17) is 4.74 Å². The topological polar surface area (TPSA) is 34.2 Å². The van der Waals surface area contributed by atoms with Crippen molar-refractivity contribution < 1.29 is 22.3 Å². The normalized spacial score (nSPS) is 11.9. The largest absolute Gasteiger partial charge is 0.477 e. The molecule has 0 aliphatic heterocycles. The van der Waals surface area contributed by atoms with Crippen molar-refractivity contribution in [3.05, 3.63) is 23.6 Å². The van der Waals surface area contributed by atoms with E-state index in [2.05, 4.69) is 10.3 Å². The summed E-state index contributed by atoms with van der Waals surface area (Å²) in [7, 11) is 0. The molecular weight excluding hydrogens is 276 g/mol. The van der Waals surface area contributed by atoms with Crippen molar-refractivity contribution in [1.29, 1.82) is 0 Å². The van der Waals surface area contributed by atoms with Crippen LogP contribution in [0.1, 0.15) is 32.3 Å². The average molecular weight is 294 g/mol. The molecule has 20 heavy (non-hydrogen) atoms. The summed E-state index contributed by atoms with van der Waals surface area (Å²) in [6, 6.07) is 1.46. The highest BCUT2D eigenvalue weighted by molar-refractivity contribution is 5.26. The van der Waals surface area contributed by atoms with E-state index in [1.54, 1.807) is 0 Å². The van der Waals surface area contributed by atoms with Crippen molar-refractivity contribution in [1.82, 2.24) is 10.3 Å². The number of aromatic nitrogens is 1. The van der Waals surface area contributed by atoms with Crippen molar-refractivity contribution in [2.24, 2.45) is 0 Å². The summed E-state index contributed by atoms with van der Waals surface area (Å²) in [4.78, 5) is 3.77. The summed E-state index contributed by atoms with van der Waals surface area (Å²) >= 11 is 0. The van der Waals surface area contributed by atoms with Crippen LogP contribution in [0, 0.1) is 5.82 Å². The van der Waals surface area contributed by atoms with Crippen LogP contribution in [-0.2, 0) is 6.54 Å². The van der Waals surface area contributed by atoms with Crippen LogP contribution in [0.3, 0.4) is 0 Å². The van der Waals surface area contributed by atoms with Gasteiger partial charge < -0.3 is 10.1 Å². The quantitative estimate of drug-likeness (QED) is 0.618. The molecule has 0 radical (unpaired) electrons. The van der Waals surface area contributed by atoms with E-state index in [9.17, 15) is 17.6 Å². The molecule has 3 nitrogen and oxygen atoms in total. The molecular formula is C13H18F4N2O. The van der Waals surface area contributed by atoms with Gasteiger partial charge in [-0.2, -0.15) is 13.2 Å². The first-order chi connectivity index (χ1) is 9.28. The summed E-state index contributed by atoms with van der Waals surface area (Å²) in [6.45, 7) is 4.09. The molecule has 0 spiro atoms. The van der Waals surface area contributed by atoms with E-state index < -0.39 is 18.4 Å². The third kappa shape index (κ3) is 6.70. The molecule has 0 bridgehead atoms. The maximum atomic E-state index is 13.1. The first-order valence-corrected chi connectivity index (χ1v) is 6.35. The fourth-order valence-corrected chi connectivity index (χ4v) is 1.48. The molecule has 0 saturated carbocycles. The molecule has 0 aromatic carbocycles. The van der Waals surface area contributed by atoms with E-state index in [0.29, 0.717) is 12.1 Å².